The van der Waals surface area contributed by atoms with E-state index in [1.54, 1.807) is 24.3 Å². The van der Waals surface area contributed by atoms with E-state index in [9.17, 15) is 9.59 Å². The van der Waals surface area contributed by atoms with Gasteiger partial charge in [0, 0.05) is 0 Å². The smallest absolute Gasteiger partial charge is 0.494 e. The number of rotatable bonds is 18. The molecule has 42 heavy (non-hydrogen) atoms. The zero-order valence-electron chi connectivity index (χ0n) is 25.1. The summed E-state index contributed by atoms with van der Waals surface area (Å²) < 4.78 is 26.7. The van der Waals surface area contributed by atoms with Crippen molar-refractivity contribution >= 4 is 12.1 Å². The normalized spacial score (nSPS) is 11.4. The largest absolute Gasteiger partial charge is 0.507 e. The van der Waals surface area contributed by atoms with Crippen LogP contribution in [0.3, 0.4) is 0 Å². The second kappa shape index (κ2) is 18.4. The molecule has 0 unspecified atom stereocenters. The molecule has 0 aliphatic carbocycles. The Hall–Kier alpha value is -4.00. The lowest BCUT2D eigenvalue weighted by atomic mass is 10.1. The van der Waals surface area contributed by atoms with Gasteiger partial charge in [0.1, 0.15) is 17.2 Å². The molecule has 7 nitrogen and oxygen atoms in total. The first kappa shape index (κ1) is 32.5. The molecule has 0 saturated carbocycles. The number of unbranched alkanes of at least 4 members (excludes halogenated alkanes) is 6. The minimum Gasteiger partial charge on any atom is -0.494 e. The first-order chi connectivity index (χ1) is 20.5. The summed E-state index contributed by atoms with van der Waals surface area (Å²) in [5, 5.41) is 0. The Morgan fingerprint density at radius 3 is 1.86 bits per heavy atom. The van der Waals surface area contributed by atoms with Gasteiger partial charge in [-0.2, -0.15) is 0 Å². The van der Waals surface area contributed by atoms with E-state index in [0.717, 1.165) is 54.7 Å². The van der Waals surface area contributed by atoms with Crippen LogP contribution in [0, 0.1) is 0 Å². The Balaban J connectivity index is 1.38. The Labute approximate surface area is 250 Å². The summed E-state index contributed by atoms with van der Waals surface area (Å²) in [6, 6.07) is 22.5. The number of carbonyl (C=O) groups excluding carboxylic acids is 2. The van der Waals surface area contributed by atoms with Gasteiger partial charge in [0.15, 0.2) is 0 Å². The second-order valence-corrected chi connectivity index (χ2v) is 10.3. The molecule has 3 aromatic carbocycles. The van der Waals surface area contributed by atoms with E-state index in [1.165, 1.54) is 32.8 Å². The molecule has 0 saturated heterocycles. The maximum atomic E-state index is 12.7. The third kappa shape index (κ3) is 11.9. The minimum absolute atomic E-state index is 0.144. The molecule has 0 bridgehead atoms. The molecule has 0 heterocycles. The van der Waals surface area contributed by atoms with Crippen LogP contribution in [-0.4, -0.2) is 38.6 Å². The van der Waals surface area contributed by atoms with Gasteiger partial charge in [0.2, 0.25) is 0 Å². The predicted molar refractivity (Wildman–Crippen MR) is 164 cm³/mol. The van der Waals surface area contributed by atoms with Gasteiger partial charge in [-0.1, -0.05) is 50.5 Å². The third-order valence-corrected chi connectivity index (χ3v) is 6.84. The highest BCUT2D eigenvalue weighted by atomic mass is 16.7. The van der Waals surface area contributed by atoms with E-state index in [1.807, 2.05) is 48.5 Å². The molecule has 7 heteroatoms. The monoisotopic (exact) mass is 576 g/mol. The number of benzene rings is 3. The van der Waals surface area contributed by atoms with Crippen LogP contribution in [0.25, 0.3) is 11.1 Å². The van der Waals surface area contributed by atoms with Gasteiger partial charge < -0.3 is 23.7 Å². The van der Waals surface area contributed by atoms with Crippen molar-refractivity contribution in [1.82, 2.24) is 0 Å². The maximum absolute atomic E-state index is 12.7. The fourth-order valence-electron chi connectivity index (χ4n) is 4.41. The first-order valence-corrected chi connectivity index (χ1v) is 15.0. The Kier molecular flexibility index (Phi) is 14.3. The number of ether oxygens (including phenoxy) is 5. The summed E-state index contributed by atoms with van der Waals surface area (Å²) in [7, 11) is 1.30. The number of hydrogen-bond donors (Lipinski definition) is 0. The Morgan fingerprint density at radius 1 is 0.667 bits per heavy atom. The lowest BCUT2D eigenvalue weighted by molar-refractivity contribution is 0.0709. The molecule has 1 atom stereocenters. The lowest BCUT2D eigenvalue weighted by Gasteiger charge is -2.14. The fraction of sp³-hybridized carbons (Fsp3) is 0.429. The molecule has 0 spiro atoms. The molecule has 3 aromatic rings. The van der Waals surface area contributed by atoms with Crippen molar-refractivity contribution in [2.75, 3.05) is 20.3 Å². The molecule has 0 amide bonds. The van der Waals surface area contributed by atoms with Gasteiger partial charge >= 0.3 is 12.1 Å². The second-order valence-electron chi connectivity index (χ2n) is 10.3. The number of methoxy groups -OCH3 is 1. The van der Waals surface area contributed by atoms with Crippen LogP contribution in [0.5, 0.6) is 17.2 Å². The summed E-state index contributed by atoms with van der Waals surface area (Å²) in [5.41, 5.74) is 2.53. The average Bonchev–Trinajstić information content (AvgIpc) is 3.01. The van der Waals surface area contributed by atoms with Crippen LogP contribution in [0.2, 0.25) is 0 Å². The van der Waals surface area contributed by atoms with E-state index in [0.29, 0.717) is 24.5 Å². The van der Waals surface area contributed by atoms with E-state index < -0.39 is 12.1 Å². The first-order valence-electron chi connectivity index (χ1n) is 15.0. The molecule has 226 valence electrons. The van der Waals surface area contributed by atoms with Crippen molar-refractivity contribution in [3.8, 4) is 28.4 Å². The number of esters is 1. The molecule has 3 rings (SSSR count). The standard InChI is InChI=1S/C35H44O7/c1-4-5-6-9-12-27(2)41-32-23-17-30(18-24-32)34(36)42-33-21-15-29(16-22-33)28-13-19-31(20-14-28)39-25-10-7-8-11-26-40-35(37)38-3/h13-24,27H,4-12,25-26H2,1-3H3/t27-/m0/s1. The van der Waals surface area contributed by atoms with Gasteiger partial charge in [-0.05, 0) is 105 Å². The maximum Gasteiger partial charge on any atom is 0.507 e. The number of carbonyl (C=O) groups is 2. The van der Waals surface area contributed by atoms with Crippen LogP contribution < -0.4 is 14.2 Å². The highest BCUT2D eigenvalue weighted by Gasteiger charge is 2.11. The lowest BCUT2D eigenvalue weighted by Crippen LogP contribution is -2.12. The van der Waals surface area contributed by atoms with Crippen molar-refractivity contribution in [2.45, 2.75) is 77.7 Å². The molecule has 0 N–H and O–H groups in total. The van der Waals surface area contributed by atoms with Crippen LogP contribution in [-0.2, 0) is 9.47 Å². The molecule has 0 aliphatic heterocycles. The van der Waals surface area contributed by atoms with Gasteiger partial charge in [0.05, 0.1) is 32.0 Å². The fourth-order valence-corrected chi connectivity index (χ4v) is 4.41. The predicted octanol–water partition coefficient (Wildman–Crippen LogP) is 9.03. The molecule has 0 fully saturated rings. The van der Waals surface area contributed by atoms with Gasteiger partial charge in [-0.3, -0.25) is 0 Å². The quantitative estimate of drug-likeness (QED) is 0.0849. The van der Waals surface area contributed by atoms with Crippen LogP contribution >= 0.6 is 0 Å². The summed E-state index contributed by atoms with van der Waals surface area (Å²) >= 11 is 0. The molecule has 0 aromatic heterocycles. The van der Waals surface area contributed by atoms with Crippen molar-refractivity contribution < 1.29 is 33.3 Å². The summed E-state index contributed by atoms with van der Waals surface area (Å²) in [4.78, 5) is 23.6. The molecular weight excluding hydrogens is 532 g/mol. The van der Waals surface area contributed by atoms with Crippen LogP contribution in [0.4, 0.5) is 4.79 Å². The van der Waals surface area contributed by atoms with Crippen molar-refractivity contribution in [3.63, 3.8) is 0 Å². The van der Waals surface area contributed by atoms with E-state index >= 15 is 0 Å². The topological polar surface area (TPSA) is 80.3 Å². The van der Waals surface area contributed by atoms with E-state index in [-0.39, 0.29) is 6.10 Å². The highest BCUT2D eigenvalue weighted by molar-refractivity contribution is 5.91. The summed E-state index contributed by atoms with van der Waals surface area (Å²) in [6.45, 7) is 5.30. The third-order valence-electron chi connectivity index (χ3n) is 6.84. The highest BCUT2D eigenvalue weighted by Crippen LogP contribution is 2.25. The van der Waals surface area contributed by atoms with Crippen molar-refractivity contribution in [3.05, 3.63) is 78.4 Å². The summed E-state index contributed by atoms with van der Waals surface area (Å²) in [6.07, 6.45) is 9.12. The van der Waals surface area contributed by atoms with E-state index in [2.05, 4.69) is 18.6 Å². The van der Waals surface area contributed by atoms with Crippen molar-refractivity contribution in [2.24, 2.45) is 0 Å². The molecule has 0 radical (unpaired) electrons. The van der Waals surface area contributed by atoms with Crippen molar-refractivity contribution in [1.29, 1.82) is 0 Å². The summed E-state index contributed by atoms with van der Waals surface area (Å²) in [5.74, 6) is 1.66. The number of hydrogen-bond acceptors (Lipinski definition) is 7. The van der Waals surface area contributed by atoms with Gasteiger partial charge in [0.25, 0.3) is 0 Å². The van der Waals surface area contributed by atoms with Gasteiger partial charge in [-0.25, -0.2) is 9.59 Å². The van der Waals surface area contributed by atoms with Crippen LogP contribution in [0.1, 0.15) is 82.0 Å². The van der Waals surface area contributed by atoms with E-state index in [4.69, 9.17) is 18.9 Å². The van der Waals surface area contributed by atoms with Crippen LogP contribution in [0.15, 0.2) is 72.8 Å². The zero-order valence-corrected chi connectivity index (χ0v) is 25.1. The zero-order chi connectivity index (χ0) is 30.0. The molecular formula is C35H44O7. The van der Waals surface area contributed by atoms with Gasteiger partial charge in [-0.15, -0.1) is 0 Å². The average molecular weight is 577 g/mol. The Bertz CT molecular complexity index is 1190. The SMILES string of the molecule is CCCCCC[C@H](C)Oc1ccc(C(=O)Oc2ccc(-c3ccc(OCCCCCCOC(=O)OC)cc3)cc2)cc1. The Morgan fingerprint density at radius 2 is 1.24 bits per heavy atom. The molecule has 0 aliphatic rings. The minimum atomic E-state index is -0.637.